The van der Waals surface area contributed by atoms with E-state index in [1.54, 1.807) is 14.1 Å². The van der Waals surface area contributed by atoms with E-state index < -0.39 is 0 Å². The van der Waals surface area contributed by atoms with Crippen molar-refractivity contribution < 1.29 is 4.79 Å². The van der Waals surface area contributed by atoms with Crippen molar-refractivity contribution >= 4 is 11.6 Å². The second-order valence-corrected chi connectivity index (χ2v) is 3.16. The van der Waals surface area contributed by atoms with Gasteiger partial charge in [-0.3, -0.25) is 9.48 Å². The van der Waals surface area contributed by atoms with E-state index in [4.69, 9.17) is 5.73 Å². The number of nitrogens with zero attached hydrogens (tertiary/aromatic N) is 2. The number of rotatable bonds is 3. The van der Waals surface area contributed by atoms with Gasteiger partial charge in [0, 0.05) is 14.1 Å². The molecule has 0 aliphatic rings. The van der Waals surface area contributed by atoms with Crippen LogP contribution in [0, 0.1) is 0 Å². The molecule has 5 heteroatoms. The van der Waals surface area contributed by atoms with Crippen molar-refractivity contribution in [2.45, 2.75) is 19.8 Å². The van der Waals surface area contributed by atoms with Gasteiger partial charge < -0.3 is 11.1 Å². The molecule has 14 heavy (non-hydrogen) atoms. The number of nitrogens with two attached hydrogens (primary N) is 1. The summed E-state index contributed by atoms with van der Waals surface area (Å²) in [5, 5.41) is 6.74. The van der Waals surface area contributed by atoms with Gasteiger partial charge in [0.25, 0.3) is 5.91 Å². The summed E-state index contributed by atoms with van der Waals surface area (Å²) in [6.07, 6.45) is 1.77. The molecule has 0 aliphatic carbocycles. The molecule has 0 unspecified atom stereocenters. The molecule has 3 N–H and O–H groups in total. The first-order valence-corrected chi connectivity index (χ1v) is 4.65. The minimum absolute atomic E-state index is 0.195. The Morgan fingerprint density at radius 3 is 2.79 bits per heavy atom. The third kappa shape index (κ3) is 1.71. The normalized spacial score (nSPS) is 10.2. The smallest absolute Gasteiger partial charge is 0.271 e. The fourth-order valence-electron chi connectivity index (χ4n) is 1.41. The third-order valence-electron chi connectivity index (χ3n) is 2.09. The maximum Gasteiger partial charge on any atom is 0.271 e. The molecule has 0 bridgehead atoms. The fraction of sp³-hybridized carbons (Fsp3) is 0.556. The lowest BCUT2D eigenvalue weighted by molar-refractivity contribution is 0.0954. The van der Waals surface area contributed by atoms with Crippen molar-refractivity contribution in [1.29, 1.82) is 0 Å². The summed E-state index contributed by atoms with van der Waals surface area (Å²) in [7, 11) is 3.30. The molecule has 1 heterocycles. The molecule has 1 aromatic heterocycles. The van der Waals surface area contributed by atoms with E-state index in [-0.39, 0.29) is 5.91 Å². The number of anilines is 1. The number of aromatic nitrogens is 2. The van der Waals surface area contributed by atoms with Gasteiger partial charge in [-0.2, -0.15) is 5.10 Å². The Morgan fingerprint density at radius 1 is 1.64 bits per heavy atom. The van der Waals surface area contributed by atoms with Gasteiger partial charge >= 0.3 is 0 Å². The van der Waals surface area contributed by atoms with E-state index in [2.05, 4.69) is 10.4 Å². The van der Waals surface area contributed by atoms with E-state index in [9.17, 15) is 4.79 Å². The van der Waals surface area contributed by atoms with E-state index in [0.29, 0.717) is 11.4 Å². The minimum Gasteiger partial charge on any atom is -0.395 e. The number of amides is 1. The molecule has 0 saturated heterocycles. The Labute approximate surface area is 83.3 Å². The number of carbonyl (C=O) groups excluding carboxylic acids is 1. The molecule has 0 spiro atoms. The number of aryl methyl sites for hydroxylation is 2. The highest BCUT2D eigenvalue weighted by Gasteiger charge is 2.17. The van der Waals surface area contributed by atoms with Gasteiger partial charge in [0.05, 0.1) is 11.4 Å². The molecule has 1 rings (SSSR count). The van der Waals surface area contributed by atoms with E-state index >= 15 is 0 Å². The van der Waals surface area contributed by atoms with Gasteiger partial charge in [0.15, 0.2) is 0 Å². The quantitative estimate of drug-likeness (QED) is 0.731. The van der Waals surface area contributed by atoms with Crippen LogP contribution in [-0.2, 0) is 13.5 Å². The van der Waals surface area contributed by atoms with Crippen LogP contribution in [0.3, 0.4) is 0 Å². The number of nitrogens with one attached hydrogen (secondary N) is 1. The zero-order valence-electron chi connectivity index (χ0n) is 8.79. The van der Waals surface area contributed by atoms with Gasteiger partial charge in [0.2, 0.25) is 0 Å². The molecular weight excluding hydrogens is 180 g/mol. The first-order chi connectivity index (χ1) is 6.61. The number of nitrogen functional groups attached to an aromatic ring is 1. The van der Waals surface area contributed by atoms with Gasteiger partial charge in [-0.25, -0.2) is 0 Å². The SMILES string of the molecule is CCCc1nn(C)c(C(=O)NC)c1N. The lowest BCUT2D eigenvalue weighted by atomic mass is 10.2. The Balaban J connectivity index is 3.11. The van der Waals surface area contributed by atoms with Crippen molar-refractivity contribution in [1.82, 2.24) is 15.1 Å². The first-order valence-electron chi connectivity index (χ1n) is 4.65. The van der Waals surface area contributed by atoms with Crippen molar-refractivity contribution in [3.8, 4) is 0 Å². The summed E-state index contributed by atoms with van der Waals surface area (Å²) in [6.45, 7) is 2.05. The summed E-state index contributed by atoms with van der Waals surface area (Å²) in [5.74, 6) is -0.195. The van der Waals surface area contributed by atoms with Crippen molar-refractivity contribution in [3.05, 3.63) is 11.4 Å². The highest BCUT2D eigenvalue weighted by Crippen LogP contribution is 2.17. The molecule has 1 aromatic rings. The molecule has 0 atom stereocenters. The van der Waals surface area contributed by atoms with Crippen LogP contribution >= 0.6 is 0 Å². The predicted octanol–water partition coefficient (Wildman–Crippen LogP) is 0.314. The standard InChI is InChI=1S/C9H16N4O/c1-4-5-6-7(10)8(9(14)11-2)13(3)12-6/h4-5,10H2,1-3H3,(H,11,14). The largest absolute Gasteiger partial charge is 0.395 e. The molecule has 1 amide bonds. The van der Waals surface area contributed by atoms with Crippen LogP contribution in [0.25, 0.3) is 0 Å². The van der Waals surface area contributed by atoms with Crippen LogP contribution in [-0.4, -0.2) is 22.7 Å². The predicted molar refractivity (Wildman–Crippen MR) is 55.0 cm³/mol. The Morgan fingerprint density at radius 2 is 2.29 bits per heavy atom. The third-order valence-corrected chi connectivity index (χ3v) is 2.09. The molecule has 5 nitrogen and oxygen atoms in total. The number of hydrogen-bond donors (Lipinski definition) is 2. The number of hydrogen-bond acceptors (Lipinski definition) is 3. The topological polar surface area (TPSA) is 72.9 Å². The summed E-state index contributed by atoms with van der Waals surface area (Å²) < 4.78 is 1.53. The molecule has 0 aromatic carbocycles. The van der Waals surface area contributed by atoms with Crippen LogP contribution in [0.5, 0.6) is 0 Å². The zero-order chi connectivity index (χ0) is 10.7. The summed E-state index contributed by atoms with van der Waals surface area (Å²) in [5.41, 5.74) is 7.56. The van der Waals surface area contributed by atoms with E-state index in [1.165, 1.54) is 4.68 Å². The Bertz CT molecular complexity index is 343. The van der Waals surface area contributed by atoms with Crippen molar-refractivity contribution in [3.63, 3.8) is 0 Å². The van der Waals surface area contributed by atoms with Crippen LogP contribution in [0.15, 0.2) is 0 Å². The fourth-order valence-corrected chi connectivity index (χ4v) is 1.41. The minimum atomic E-state index is -0.195. The molecule has 0 fully saturated rings. The van der Waals surface area contributed by atoms with Crippen LogP contribution < -0.4 is 11.1 Å². The zero-order valence-corrected chi connectivity index (χ0v) is 8.79. The average molecular weight is 196 g/mol. The second-order valence-electron chi connectivity index (χ2n) is 3.16. The van der Waals surface area contributed by atoms with Crippen molar-refractivity contribution in [2.24, 2.45) is 7.05 Å². The van der Waals surface area contributed by atoms with Gasteiger partial charge in [-0.1, -0.05) is 13.3 Å². The first kappa shape index (κ1) is 10.6. The van der Waals surface area contributed by atoms with Gasteiger partial charge in [0.1, 0.15) is 5.69 Å². The lowest BCUT2D eigenvalue weighted by Crippen LogP contribution is -2.22. The van der Waals surface area contributed by atoms with Crippen LogP contribution in [0.1, 0.15) is 29.5 Å². The van der Waals surface area contributed by atoms with Crippen LogP contribution in [0.4, 0.5) is 5.69 Å². The number of carbonyl (C=O) groups is 1. The molecule has 0 saturated carbocycles. The average Bonchev–Trinajstić information content (AvgIpc) is 2.42. The Hall–Kier alpha value is -1.52. The van der Waals surface area contributed by atoms with Gasteiger partial charge in [-0.15, -0.1) is 0 Å². The lowest BCUT2D eigenvalue weighted by Gasteiger charge is -2.00. The van der Waals surface area contributed by atoms with E-state index in [0.717, 1.165) is 18.5 Å². The highest BCUT2D eigenvalue weighted by atomic mass is 16.1. The summed E-state index contributed by atoms with van der Waals surface area (Å²) in [4.78, 5) is 11.4. The summed E-state index contributed by atoms with van der Waals surface area (Å²) >= 11 is 0. The van der Waals surface area contributed by atoms with E-state index in [1.807, 2.05) is 6.92 Å². The molecule has 0 radical (unpaired) electrons. The second kappa shape index (κ2) is 4.13. The highest BCUT2D eigenvalue weighted by molar-refractivity contribution is 5.97. The maximum atomic E-state index is 11.4. The summed E-state index contributed by atoms with van der Waals surface area (Å²) in [6, 6.07) is 0. The molecular formula is C9H16N4O. The van der Waals surface area contributed by atoms with Crippen LogP contribution in [0.2, 0.25) is 0 Å². The maximum absolute atomic E-state index is 11.4. The molecule has 78 valence electrons. The Kier molecular flexibility index (Phi) is 3.11. The van der Waals surface area contributed by atoms with Crippen molar-refractivity contribution in [2.75, 3.05) is 12.8 Å². The van der Waals surface area contributed by atoms with Gasteiger partial charge in [-0.05, 0) is 6.42 Å². The monoisotopic (exact) mass is 196 g/mol. The molecule has 0 aliphatic heterocycles.